The third kappa shape index (κ3) is 26.2. The summed E-state index contributed by atoms with van der Waals surface area (Å²) in [6.07, 6.45) is 3.98. The molecule has 0 unspecified atom stereocenters. The smallest absolute Gasteiger partial charge is 0.310 e. The van der Waals surface area contributed by atoms with E-state index in [0.717, 1.165) is 0 Å². The second kappa shape index (κ2) is 37.8. The number of aliphatic carboxylic acids is 2. The standard InChI is InChI=1S/C57H82N16O13S.C4H6O3/c1-6-62-54(85)45-14-10-22-73(45)55(86)39(13-9-21-63-56(59)60)67-53(84)44(29-87-57(3,4)5)72-47(78)31(2)66-49(80)40(23-32-15-17-35(75)18-16-32)69-52(83)43(28-74)71-50(81)41(24-33-26-64-38-12-8-7-11-36(33)38)70-51(82)42(25-34-27-61-30-65-34)68-48(79)37(58)19-20-46(76)77;1-3(5)2-4(6)7/h7-8,11-12,15-18,26-27,30-31,37,39-45,64,74-75H,6,9-10,13-14,19-25,28-29,58H2,1-5H3,(H,61,65)(H,62,85)(H,66,80)(H,67,84)(H,68,79)(H,69,83)(H,70,82)(H,71,81)(H,72,78)(H,76,77)(H4,59,60,63);2H2,1H3,(H,6,7)/t31-,37+,39+,40+,41+,42+,43+,44+,45+;/m1./s1. The van der Waals surface area contributed by atoms with Crippen molar-refractivity contribution in [3.05, 3.63) is 84.1 Å². The van der Waals surface area contributed by atoms with Crippen LogP contribution in [0.5, 0.6) is 5.75 Å². The molecule has 33 heteroatoms. The lowest BCUT2D eigenvalue weighted by atomic mass is 10.0. The van der Waals surface area contributed by atoms with Crippen molar-refractivity contribution < 1.29 is 78.0 Å². The van der Waals surface area contributed by atoms with E-state index in [0.29, 0.717) is 47.1 Å². The molecule has 9 amide bonds. The van der Waals surface area contributed by atoms with Gasteiger partial charge in [0, 0.05) is 84.8 Å². The van der Waals surface area contributed by atoms with Crippen LogP contribution in [0.2, 0.25) is 0 Å². The highest BCUT2D eigenvalue weighted by molar-refractivity contribution is 8.00. The fraction of sp³-hybridized carbons (Fsp3) is 0.508. The molecule has 4 aromatic rings. The number of rotatable bonds is 35. The maximum Gasteiger partial charge on any atom is 0.310 e. The van der Waals surface area contributed by atoms with Crippen LogP contribution in [0.3, 0.4) is 0 Å². The molecule has 2 aromatic heterocycles. The molecule has 0 radical (unpaired) electrons. The number of aliphatic hydroxyl groups is 1. The molecular formula is C61H88N16O16S. The molecular weight excluding hydrogens is 1240 g/mol. The summed E-state index contributed by atoms with van der Waals surface area (Å²) in [6, 6.07) is 0.588. The van der Waals surface area contributed by atoms with Crippen LogP contribution in [-0.4, -0.2) is 208 Å². The molecule has 9 atom stereocenters. The summed E-state index contributed by atoms with van der Waals surface area (Å²) >= 11 is 1.34. The van der Waals surface area contributed by atoms with E-state index in [-0.39, 0.29) is 87.2 Å². The number of hydrogen-bond acceptors (Lipinski definition) is 18. The minimum absolute atomic E-state index is 0.00916. The number of thioether (sulfide) groups is 1. The minimum Gasteiger partial charge on any atom is -0.508 e. The van der Waals surface area contributed by atoms with Gasteiger partial charge in [-0.2, -0.15) is 11.8 Å². The van der Waals surface area contributed by atoms with Crippen molar-refractivity contribution in [2.24, 2.45) is 22.2 Å². The van der Waals surface area contributed by atoms with E-state index in [2.05, 4.69) is 62.5 Å². The van der Waals surface area contributed by atoms with Gasteiger partial charge < -0.3 is 95.0 Å². The number of nitrogens with zero attached hydrogens (tertiary/aromatic N) is 3. The van der Waals surface area contributed by atoms with Crippen LogP contribution in [-0.2, 0) is 76.8 Å². The molecule has 20 N–H and O–H groups in total. The van der Waals surface area contributed by atoms with Crippen molar-refractivity contribution in [2.45, 2.75) is 165 Å². The third-order valence-electron chi connectivity index (χ3n) is 14.4. The van der Waals surface area contributed by atoms with Crippen LogP contribution in [0.1, 0.15) is 103 Å². The quantitative estimate of drug-likeness (QED) is 0.0102. The third-order valence-corrected chi connectivity index (χ3v) is 15.8. The molecule has 0 saturated carbocycles. The number of phenolic OH excluding ortho intramolecular Hbond substituents is 1. The Morgan fingerprint density at radius 1 is 0.734 bits per heavy atom. The van der Waals surface area contributed by atoms with E-state index in [1.165, 1.54) is 67.3 Å². The Hall–Kier alpha value is -9.63. The van der Waals surface area contributed by atoms with Gasteiger partial charge in [0.05, 0.1) is 19.0 Å². The predicted octanol–water partition coefficient (Wildman–Crippen LogP) is -2.02. The minimum atomic E-state index is -1.78. The number of aromatic amines is 2. The van der Waals surface area contributed by atoms with Crippen molar-refractivity contribution >= 4 is 99.5 Å². The van der Waals surface area contributed by atoms with Gasteiger partial charge in [-0.05, 0) is 82.2 Å². The zero-order valence-corrected chi connectivity index (χ0v) is 54.1. The highest BCUT2D eigenvalue weighted by Crippen LogP contribution is 2.25. The van der Waals surface area contributed by atoms with E-state index < -0.39 is 131 Å². The van der Waals surface area contributed by atoms with Crippen LogP contribution in [0, 0.1) is 0 Å². The lowest BCUT2D eigenvalue weighted by molar-refractivity contribution is -0.142. The Morgan fingerprint density at radius 2 is 1.32 bits per heavy atom. The van der Waals surface area contributed by atoms with Crippen molar-refractivity contribution in [2.75, 3.05) is 32.0 Å². The van der Waals surface area contributed by atoms with Crippen LogP contribution >= 0.6 is 11.8 Å². The van der Waals surface area contributed by atoms with Gasteiger partial charge in [-0.15, -0.1) is 0 Å². The number of aromatic nitrogens is 3. The predicted molar refractivity (Wildman–Crippen MR) is 346 cm³/mol. The number of carboxylic acid groups (broad SMARTS) is 2. The van der Waals surface area contributed by atoms with E-state index >= 15 is 0 Å². The first-order valence-electron chi connectivity index (χ1n) is 30.4. The Labute approximate surface area is 546 Å². The molecule has 0 spiro atoms. The number of guanidine groups is 1. The van der Waals surface area contributed by atoms with Gasteiger partial charge in [0.25, 0.3) is 0 Å². The number of carbonyl (C=O) groups excluding carboxylic acids is 10. The summed E-state index contributed by atoms with van der Waals surface area (Å²) < 4.78 is -0.420. The van der Waals surface area contributed by atoms with Crippen LogP contribution in [0.25, 0.3) is 10.9 Å². The average Bonchev–Trinajstić information content (AvgIpc) is 1.63. The lowest BCUT2D eigenvalue weighted by Crippen LogP contribution is -2.61. The number of hydrogen-bond donors (Lipinski definition) is 17. The first-order valence-corrected chi connectivity index (χ1v) is 31.4. The number of ketones is 1. The number of aromatic hydroxyl groups is 1. The van der Waals surface area contributed by atoms with Gasteiger partial charge in [0.2, 0.25) is 53.2 Å². The number of fused-ring (bicyclic) bond motifs is 1. The molecule has 1 aliphatic rings. The van der Waals surface area contributed by atoms with Crippen molar-refractivity contribution in [1.82, 2.24) is 62.4 Å². The Kier molecular flexibility index (Phi) is 30.9. The second-order valence-electron chi connectivity index (χ2n) is 23.3. The largest absolute Gasteiger partial charge is 0.508 e. The number of benzene rings is 2. The number of nitrogens with two attached hydrogens (primary N) is 3. The Balaban J connectivity index is 0.00000254. The first-order chi connectivity index (χ1) is 44.4. The van der Waals surface area contributed by atoms with E-state index in [1.807, 2.05) is 20.8 Å². The number of likely N-dealkylation sites (tertiary alicyclic amines) is 1. The van der Waals surface area contributed by atoms with E-state index in [4.69, 9.17) is 27.4 Å². The maximum atomic E-state index is 14.5. The SMILES string of the molecule is CC(=O)CC(=O)O.CCNC(=O)[C@@H]1CCCN1C(=O)[C@H](CCCN=C(N)N)NC(=O)[C@H](CSC(C)(C)C)NC(=O)[C@@H](C)NC(=O)[C@H](Cc1ccc(O)cc1)NC(=O)[C@H](CO)NC(=O)[C@H](Cc1c[nH]c2ccccc12)NC(=O)[C@H](Cc1cnc[nH]1)NC(=O)[C@@H](N)CCC(=O)O. The van der Waals surface area contributed by atoms with E-state index in [9.17, 15) is 67.7 Å². The summed E-state index contributed by atoms with van der Waals surface area (Å²) in [4.78, 5) is 172. The summed E-state index contributed by atoms with van der Waals surface area (Å²) in [6.45, 7) is 9.75. The molecule has 5 rings (SSSR count). The number of amides is 9. The molecule has 0 bridgehead atoms. The number of Topliss-reactive ketones (excluding diaryl/α,β-unsaturated/α-hetero) is 1. The van der Waals surface area contributed by atoms with Gasteiger partial charge in [-0.25, -0.2) is 4.98 Å². The number of aliphatic imine (C=N–C) groups is 1. The van der Waals surface area contributed by atoms with Gasteiger partial charge in [0.1, 0.15) is 66.3 Å². The topological polar surface area (TPSA) is 520 Å². The molecule has 2 aromatic carbocycles. The van der Waals surface area contributed by atoms with Crippen molar-refractivity contribution in [3.8, 4) is 5.75 Å². The Morgan fingerprint density at radius 3 is 1.90 bits per heavy atom. The summed E-state index contributed by atoms with van der Waals surface area (Å²) in [7, 11) is 0. The zero-order valence-electron chi connectivity index (χ0n) is 53.3. The molecule has 0 aliphatic carbocycles. The van der Waals surface area contributed by atoms with Gasteiger partial charge in [-0.1, -0.05) is 51.1 Å². The molecule has 1 aliphatic heterocycles. The summed E-state index contributed by atoms with van der Waals surface area (Å²) in [5.41, 5.74) is 19.1. The number of aliphatic hydroxyl groups excluding tert-OH is 1. The van der Waals surface area contributed by atoms with E-state index in [1.54, 1.807) is 37.4 Å². The van der Waals surface area contributed by atoms with Gasteiger partial charge in [0.15, 0.2) is 5.96 Å². The monoisotopic (exact) mass is 1330 g/mol. The number of nitrogens with one attached hydrogen (secondary N) is 10. The fourth-order valence-corrected chi connectivity index (χ4v) is 10.5. The van der Waals surface area contributed by atoms with Crippen LogP contribution in [0.15, 0.2) is 72.2 Å². The second-order valence-corrected chi connectivity index (χ2v) is 25.1. The number of para-hydroxylation sites is 1. The number of likely N-dealkylation sites (N-methyl/N-ethyl adjacent to an activating group) is 1. The van der Waals surface area contributed by atoms with Crippen molar-refractivity contribution in [3.63, 3.8) is 0 Å². The molecule has 514 valence electrons. The number of phenols is 1. The van der Waals surface area contributed by atoms with Gasteiger partial charge >= 0.3 is 11.9 Å². The van der Waals surface area contributed by atoms with Crippen LogP contribution < -0.4 is 59.7 Å². The number of H-pyrrole nitrogens is 2. The normalized spacial score (nSPS) is 15.3. The fourth-order valence-electron chi connectivity index (χ4n) is 9.57. The van der Waals surface area contributed by atoms with Gasteiger partial charge in [-0.3, -0.25) is 62.5 Å². The Bertz CT molecular complexity index is 3270. The number of carboxylic acids is 2. The number of imidazole rings is 1. The maximum absolute atomic E-state index is 14.5. The number of carbonyl (C=O) groups is 12. The van der Waals surface area contributed by atoms with Crippen molar-refractivity contribution in [1.29, 1.82) is 0 Å². The van der Waals surface area contributed by atoms with Crippen LogP contribution in [0.4, 0.5) is 0 Å². The first kappa shape index (κ1) is 76.8. The lowest BCUT2D eigenvalue weighted by Gasteiger charge is -2.30. The highest BCUT2D eigenvalue weighted by Gasteiger charge is 2.39. The summed E-state index contributed by atoms with van der Waals surface area (Å²) in [5, 5.41) is 59.5. The highest BCUT2D eigenvalue weighted by atomic mass is 32.2. The molecule has 3 heterocycles. The molecule has 94 heavy (non-hydrogen) atoms. The molecule has 1 fully saturated rings. The molecule has 32 nitrogen and oxygen atoms in total. The zero-order chi connectivity index (χ0) is 69.8. The average molecular weight is 1330 g/mol. The summed E-state index contributed by atoms with van der Waals surface area (Å²) in [5.74, 6) is -9.98. The molecule has 1 saturated heterocycles.